The second kappa shape index (κ2) is 6.25. The van der Waals surface area contributed by atoms with Gasteiger partial charge in [0.1, 0.15) is 16.3 Å². The molecule has 2 N–H and O–H groups in total. The smallest absolute Gasteiger partial charge is 0.259 e. The summed E-state index contributed by atoms with van der Waals surface area (Å²) < 4.78 is 54.6. The van der Waals surface area contributed by atoms with Gasteiger partial charge in [0.25, 0.3) is 5.91 Å². The molecule has 0 aromatic heterocycles. The molecule has 0 fully saturated rings. The predicted octanol–water partition coefficient (Wildman–Crippen LogP) is 0.331. The SMILES string of the molecule is COCCN(C)C(=O)c1c(F)ccc(S(N)(=O)=O)c1F. The molecule has 0 aliphatic carbocycles. The molecule has 0 aliphatic heterocycles. The van der Waals surface area contributed by atoms with Crippen molar-refractivity contribution in [3.8, 4) is 0 Å². The summed E-state index contributed by atoms with van der Waals surface area (Å²) in [4.78, 5) is 12.0. The Labute approximate surface area is 115 Å². The molecule has 0 saturated heterocycles. The summed E-state index contributed by atoms with van der Waals surface area (Å²) in [6.45, 7) is 0.258. The summed E-state index contributed by atoms with van der Waals surface area (Å²) in [7, 11) is -1.67. The van der Waals surface area contributed by atoms with Crippen LogP contribution in [-0.4, -0.2) is 46.5 Å². The van der Waals surface area contributed by atoms with Gasteiger partial charge in [-0.25, -0.2) is 22.3 Å². The number of benzene rings is 1. The lowest BCUT2D eigenvalue weighted by molar-refractivity contribution is 0.0734. The fourth-order valence-electron chi connectivity index (χ4n) is 1.47. The number of rotatable bonds is 5. The Morgan fingerprint density at radius 1 is 1.40 bits per heavy atom. The molecule has 0 saturated carbocycles. The van der Waals surface area contributed by atoms with Crippen LogP contribution >= 0.6 is 0 Å². The van der Waals surface area contributed by atoms with Crippen LogP contribution in [0, 0.1) is 11.6 Å². The second-order valence-electron chi connectivity index (χ2n) is 4.00. The van der Waals surface area contributed by atoms with Crippen molar-refractivity contribution >= 4 is 15.9 Å². The van der Waals surface area contributed by atoms with E-state index in [4.69, 9.17) is 9.88 Å². The number of hydrogen-bond acceptors (Lipinski definition) is 4. The zero-order valence-electron chi connectivity index (χ0n) is 10.9. The molecule has 1 aromatic rings. The maximum absolute atomic E-state index is 14.0. The number of primary sulfonamides is 1. The molecular weight excluding hydrogens is 294 g/mol. The highest BCUT2D eigenvalue weighted by Crippen LogP contribution is 2.21. The van der Waals surface area contributed by atoms with Gasteiger partial charge >= 0.3 is 0 Å². The Balaban J connectivity index is 3.28. The highest BCUT2D eigenvalue weighted by Gasteiger charge is 2.26. The van der Waals surface area contributed by atoms with E-state index in [0.717, 1.165) is 4.90 Å². The molecular formula is C11H14F2N2O4S. The van der Waals surface area contributed by atoms with E-state index in [9.17, 15) is 22.0 Å². The van der Waals surface area contributed by atoms with Gasteiger partial charge in [-0.15, -0.1) is 0 Å². The van der Waals surface area contributed by atoms with Crippen LogP contribution in [0.25, 0.3) is 0 Å². The van der Waals surface area contributed by atoms with Crippen molar-refractivity contribution in [2.75, 3.05) is 27.3 Å². The Hall–Kier alpha value is -1.58. The van der Waals surface area contributed by atoms with Crippen molar-refractivity contribution in [1.82, 2.24) is 4.90 Å². The molecule has 1 aromatic carbocycles. The lowest BCUT2D eigenvalue weighted by atomic mass is 10.1. The summed E-state index contributed by atoms with van der Waals surface area (Å²) in [5, 5.41) is 4.80. The summed E-state index contributed by atoms with van der Waals surface area (Å²) >= 11 is 0. The largest absolute Gasteiger partial charge is 0.383 e. The molecule has 112 valence electrons. The average molecular weight is 308 g/mol. The van der Waals surface area contributed by atoms with Gasteiger partial charge in [0.05, 0.1) is 6.61 Å². The summed E-state index contributed by atoms with van der Waals surface area (Å²) in [6.07, 6.45) is 0. The van der Waals surface area contributed by atoms with E-state index in [-0.39, 0.29) is 13.2 Å². The third-order valence-electron chi connectivity index (χ3n) is 2.55. The predicted molar refractivity (Wildman–Crippen MR) is 66.6 cm³/mol. The van der Waals surface area contributed by atoms with Gasteiger partial charge in [0.2, 0.25) is 10.0 Å². The minimum absolute atomic E-state index is 0.0911. The van der Waals surface area contributed by atoms with Crippen LogP contribution in [0.5, 0.6) is 0 Å². The zero-order chi connectivity index (χ0) is 15.5. The third kappa shape index (κ3) is 3.50. The number of carbonyl (C=O) groups is 1. The fraction of sp³-hybridized carbons (Fsp3) is 0.364. The van der Waals surface area contributed by atoms with Gasteiger partial charge in [-0.1, -0.05) is 0 Å². The minimum Gasteiger partial charge on any atom is -0.383 e. The minimum atomic E-state index is -4.39. The number of halogens is 2. The maximum Gasteiger partial charge on any atom is 0.259 e. The number of methoxy groups -OCH3 is 1. The van der Waals surface area contributed by atoms with Crippen LogP contribution in [0.1, 0.15) is 10.4 Å². The quantitative estimate of drug-likeness (QED) is 0.849. The molecule has 20 heavy (non-hydrogen) atoms. The van der Waals surface area contributed by atoms with Crippen molar-refractivity contribution < 1.29 is 26.7 Å². The van der Waals surface area contributed by atoms with Gasteiger partial charge in [0.15, 0.2) is 5.82 Å². The first kappa shape index (κ1) is 16.5. The number of nitrogens with zero attached hydrogens (tertiary/aromatic N) is 1. The van der Waals surface area contributed by atoms with E-state index in [1.807, 2.05) is 0 Å². The van der Waals surface area contributed by atoms with Crippen molar-refractivity contribution in [3.05, 3.63) is 29.3 Å². The lowest BCUT2D eigenvalue weighted by Gasteiger charge is -2.18. The Morgan fingerprint density at radius 3 is 2.50 bits per heavy atom. The van der Waals surface area contributed by atoms with E-state index >= 15 is 0 Å². The highest BCUT2D eigenvalue weighted by atomic mass is 32.2. The molecule has 0 spiro atoms. The molecule has 1 rings (SSSR count). The molecule has 0 unspecified atom stereocenters. The molecule has 0 atom stereocenters. The number of amides is 1. The van der Waals surface area contributed by atoms with E-state index < -0.39 is 38.0 Å². The lowest BCUT2D eigenvalue weighted by Crippen LogP contribution is -2.32. The van der Waals surface area contributed by atoms with E-state index in [1.54, 1.807) is 0 Å². The topological polar surface area (TPSA) is 89.7 Å². The van der Waals surface area contributed by atoms with Crippen molar-refractivity contribution in [1.29, 1.82) is 0 Å². The molecule has 0 heterocycles. The Morgan fingerprint density at radius 2 is 2.00 bits per heavy atom. The molecule has 6 nitrogen and oxygen atoms in total. The van der Waals surface area contributed by atoms with Crippen LogP contribution in [0.3, 0.4) is 0 Å². The average Bonchev–Trinajstić information content (AvgIpc) is 2.34. The third-order valence-corrected chi connectivity index (χ3v) is 3.48. The number of sulfonamides is 1. The van der Waals surface area contributed by atoms with Crippen LogP contribution in [-0.2, 0) is 14.8 Å². The van der Waals surface area contributed by atoms with Crippen LogP contribution in [0.15, 0.2) is 17.0 Å². The number of nitrogens with two attached hydrogens (primary N) is 1. The molecule has 9 heteroatoms. The standard InChI is InChI=1S/C11H14F2N2O4S/c1-15(5-6-19-2)11(16)9-7(12)3-4-8(10(9)13)20(14,17)18/h3-4H,5-6H2,1-2H3,(H2,14,17,18). The van der Waals surface area contributed by atoms with Crippen molar-refractivity contribution in [3.63, 3.8) is 0 Å². The van der Waals surface area contributed by atoms with Crippen LogP contribution in [0.2, 0.25) is 0 Å². The number of hydrogen-bond donors (Lipinski definition) is 1. The van der Waals surface area contributed by atoms with E-state index in [0.29, 0.717) is 12.1 Å². The summed E-state index contributed by atoms with van der Waals surface area (Å²) in [5.74, 6) is -3.66. The van der Waals surface area contributed by atoms with Crippen molar-refractivity contribution in [2.45, 2.75) is 4.90 Å². The Bertz CT molecular complexity index is 619. The Kier molecular flexibility index (Phi) is 5.15. The summed E-state index contributed by atoms with van der Waals surface area (Å²) in [6, 6.07) is 1.35. The zero-order valence-corrected chi connectivity index (χ0v) is 11.7. The van der Waals surface area contributed by atoms with Gasteiger partial charge in [-0.05, 0) is 12.1 Å². The number of ether oxygens (including phenoxy) is 1. The summed E-state index contributed by atoms with van der Waals surface area (Å²) in [5.41, 5.74) is -0.963. The molecule has 0 aliphatic rings. The maximum atomic E-state index is 14.0. The molecule has 1 amide bonds. The van der Waals surface area contributed by atoms with E-state index in [2.05, 4.69) is 0 Å². The molecule has 0 radical (unpaired) electrons. The van der Waals surface area contributed by atoms with Gasteiger partial charge in [-0.2, -0.15) is 0 Å². The first-order valence-electron chi connectivity index (χ1n) is 5.45. The molecule has 0 bridgehead atoms. The van der Waals surface area contributed by atoms with Crippen LogP contribution in [0.4, 0.5) is 8.78 Å². The second-order valence-corrected chi connectivity index (χ2v) is 5.53. The monoisotopic (exact) mass is 308 g/mol. The van der Waals surface area contributed by atoms with Crippen molar-refractivity contribution in [2.24, 2.45) is 5.14 Å². The van der Waals surface area contributed by atoms with E-state index in [1.165, 1.54) is 14.2 Å². The van der Waals surface area contributed by atoms with Crippen LogP contribution < -0.4 is 5.14 Å². The van der Waals surface area contributed by atoms with Gasteiger partial charge < -0.3 is 9.64 Å². The fourth-order valence-corrected chi connectivity index (χ4v) is 2.08. The highest BCUT2D eigenvalue weighted by molar-refractivity contribution is 7.89. The first-order chi connectivity index (χ1) is 9.20. The normalized spacial score (nSPS) is 11.4. The van der Waals surface area contributed by atoms with Gasteiger partial charge in [-0.3, -0.25) is 4.79 Å². The number of carbonyl (C=O) groups excluding carboxylic acids is 1. The first-order valence-corrected chi connectivity index (χ1v) is 7.00. The number of likely N-dealkylation sites (N-methyl/N-ethyl adjacent to an activating group) is 1. The van der Waals surface area contributed by atoms with Gasteiger partial charge in [0, 0.05) is 20.7 Å².